The van der Waals surface area contributed by atoms with Gasteiger partial charge in [-0.15, -0.1) is 11.8 Å². The summed E-state index contributed by atoms with van der Waals surface area (Å²) >= 11 is 1.72. The first-order valence-corrected chi connectivity index (χ1v) is 7.20. The Morgan fingerprint density at radius 3 is 2.74 bits per heavy atom. The van der Waals surface area contributed by atoms with Crippen LogP contribution in [0.3, 0.4) is 0 Å². The molecule has 0 fully saturated rings. The second-order valence-electron chi connectivity index (χ2n) is 4.49. The number of hydrogen-bond acceptors (Lipinski definition) is 2. The number of carboxylic acid groups (broad SMARTS) is 1. The first-order chi connectivity index (χ1) is 9.17. The minimum Gasteiger partial charge on any atom is -0.481 e. The molecule has 1 heterocycles. The van der Waals surface area contributed by atoms with Crippen molar-refractivity contribution < 1.29 is 9.90 Å². The summed E-state index contributed by atoms with van der Waals surface area (Å²) in [6.07, 6.45) is 2.11. The molecule has 3 rings (SSSR count). The van der Waals surface area contributed by atoms with Gasteiger partial charge in [-0.05, 0) is 36.1 Å². The Kier molecular flexibility index (Phi) is 2.95. The van der Waals surface area contributed by atoms with Gasteiger partial charge in [0, 0.05) is 26.7 Å². The summed E-state index contributed by atoms with van der Waals surface area (Å²) in [6, 6.07) is 12.1. The molecule has 2 N–H and O–H groups in total. The molecule has 4 heteroatoms. The van der Waals surface area contributed by atoms with Crippen molar-refractivity contribution >= 4 is 39.5 Å². The number of rotatable bonds is 3. The monoisotopic (exact) mass is 271 g/mol. The lowest BCUT2D eigenvalue weighted by Crippen LogP contribution is -1.99. The molecule has 96 valence electrons. The van der Waals surface area contributed by atoms with Gasteiger partial charge in [-0.2, -0.15) is 0 Å². The first-order valence-electron chi connectivity index (χ1n) is 5.97. The predicted octanol–water partition coefficient (Wildman–Crippen LogP) is 3.67. The summed E-state index contributed by atoms with van der Waals surface area (Å²) in [5.74, 6) is -0.805. The number of nitrogens with one attached hydrogen (secondary N) is 1. The molecular weight excluding hydrogens is 258 g/mol. The van der Waals surface area contributed by atoms with Gasteiger partial charge in [0.1, 0.15) is 0 Å². The highest BCUT2D eigenvalue weighted by molar-refractivity contribution is 7.98. The average Bonchev–Trinajstić information content (AvgIpc) is 2.74. The number of H-pyrrole nitrogens is 1. The van der Waals surface area contributed by atoms with Crippen LogP contribution in [-0.2, 0) is 11.2 Å². The van der Waals surface area contributed by atoms with Gasteiger partial charge in [0.15, 0.2) is 0 Å². The molecule has 0 unspecified atom stereocenters. The third-order valence-corrected chi connectivity index (χ3v) is 3.95. The minimum absolute atomic E-state index is 0.0569. The number of carbonyl (C=O) groups is 1. The van der Waals surface area contributed by atoms with E-state index in [0.717, 1.165) is 22.0 Å². The minimum atomic E-state index is -0.805. The van der Waals surface area contributed by atoms with Gasteiger partial charge < -0.3 is 10.1 Å². The number of hydrogen-bond donors (Lipinski definition) is 2. The molecule has 2 aromatic carbocycles. The summed E-state index contributed by atoms with van der Waals surface area (Å²) < 4.78 is 0. The molecule has 0 amide bonds. The molecular formula is C15H13NO2S. The number of thioether (sulfide) groups is 1. The summed E-state index contributed by atoms with van der Waals surface area (Å²) in [4.78, 5) is 15.3. The number of carboxylic acids is 1. The third kappa shape index (κ3) is 2.19. The molecule has 0 saturated heterocycles. The van der Waals surface area contributed by atoms with Crippen LogP contribution in [0.2, 0.25) is 0 Å². The van der Waals surface area contributed by atoms with Crippen LogP contribution in [0.4, 0.5) is 0 Å². The molecule has 0 radical (unpaired) electrons. The van der Waals surface area contributed by atoms with E-state index >= 15 is 0 Å². The SMILES string of the molecule is CSc1ccc2[nH]c3cc(CC(=O)O)ccc3c2c1. The van der Waals surface area contributed by atoms with Gasteiger partial charge in [0.25, 0.3) is 0 Å². The maximum atomic E-state index is 10.7. The molecule has 0 saturated carbocycles. The number of benzene rings is 2. The molecule has 0 bridgehead atoms. The molecule has 0 atom stereocenters. The van der Waals surface area contributed by atoms with E-state index in [1.54, 1.807) is 11.8 Å². The second kappa shape index (κ2) is 4.63. The molecule has 19 heavy (non-hydrogen) atoms. The summed E-state index contributed by atoms with van der Waals surface area (Å²) in [7, 11) is 0. The zero-order valence-corrected chi connectivity index (χ0v) is 11.3. The van der Waals surface area contributed by atoms with Crippen LogP contribution in [0.25, 0.3) is 21.8 Å². The number of aromatic nitrogens is 1. The van der Waals surface area contributed by atoms with Crippen LogP contribution in [0.1, 0.15) is 5.56 Å². The van der Waals surface area contributed by atoms with Crippen molar-refractivity contribution in [3.05, 3.63) is 42.0 Å². The van der Waals surface area contributed by atoms with E-state index in [2.05, 4.69) is 29.4 Å². The van der Waals surface area contributed by atoms with Gasteiger partial charge in [0.2, 0.25) is 0 Å². The van der Waals surface area contributed by atoms with Crippen molar-refractivity contribution in [1.29, 1.82) is 0 Å². The zero-order chi connectivity index (χ0) is 13.4. The fourth-order valence-corrected chi connectivity index (χ4v) is 2.78. The lowest BCUT2D eigenvalue weighted by atomic mass is 10.1. The van der Waals surface area contributed by atoms with Gasteiger partial charge in [-0.25, -0.2) is 0 Å². The highest BCUT2D eigenvalue weighted by Crippen LogP contribution is 2.29. The lowest BCUT2D eigenvalue weighted by molar-refractivity contribution is -0.136. The zero-order valence-electron chi connectivity index (χ0n) is 10.4. The number of fused-ring (bicyclic) bond motifs is 3. The van der Waals surface area contributed by atoms with Crippen LogP contribution in [0.15, 0.2) is 41.3 Å². The summed E-state index contributed by atoms with van der Waals surface area (Å²) in [6.45, 7) is 0. The van der Waals surface area contributed by atoms with E-state index in [4.69, 9.17) is 5.11 Å². The Labute approximate surface area is 114 Å². The number of aliphatic carboxylic acids is 1. The van der Waals surface area contributed by atoms with Gasteiger partial charge in [-0.1, -0.05) is 12.1 Å². The molecule has 0 aliphatic rings. The highest BCUT2D eigenvalue weighted by atomic mass is 32.2. The van der Waals surface area contributed by atoms with Crippen molar-refractivity contribution in [2.24, 2.45) is 0 Å². The van der Waals surface area contributed by atoms with Crippen molar-refractivity contribution in [1.82, 2.24) is 4.98 Å². The molecule has 0 aliphatic heterocycles. The van der Waals surface area contributed by atoms with Crippen LogP contribution in [0, 0.1) is 0 Å². The Morgan fingerprint density at radius 1 is 1.16 bits per heavy atom. The van der Waals surface area contributed by atoms with Gasteiger partial charge in [-0.3, -0.25) is 4.79 Å². The quantitative estimate of drug-likeness (QED) is 0.715. The first kappa shape index (κ1) is 12.1. The van der Waals surface area contributed by atoms with E-state index in [9.17, 15) is 4.79 Å². The number of aromatic amines is 1. The van der Waals surface area contributed by atoms with Gasteiger partial charge >= 0.3 is 5.97 Å². The van der Waals surface area contributed by atoms with Crippen LogP contribution in [-0.4, -0.2) is 22.3 Å². The molecule has 1 aromatic heterocycles. The average molecular weight is 271 g/mol. The standard InChI is InChI=1S/C15H13NO2S/c1-19-10-3-5-13-12(8-10)11-4-2-9(7-15(17)18)6-14(11)16-13/h2-6,8,16H,7H2,1H3,(H,17,18). The van der Waals surface area contributed by atoms with E-state index < -0.39 is 5.97 Å². The Morgan fingerprint density at radius 2 is 2.00 bits per heavy atom. The largest absolute Gasteiger partial charge is 0.481 e. The molecule has 0 spiro atoms. The van der Waals surface area contributed by atoms with E-state index in [1.807, 2.05) is 18.2 Å². The maximum absolute atomic E-state index is 10.7. The molecule has 3 aromatic rings. The Bertz CT molecular complexity index is 776. The Hall–Kier alpha value is -1.94. The lowest BCUT2D eigenvalue weighted by Gasteiger charge is -1.98. The summed E-state index contributed by atoms with van der Waals surface area (Å²) in [5, 5.41) is 11.2. The third-order valence-electron chi connectivity index (χ3n) is 3.23. The fraction of sp³-hybridized carbons (Fsp3) is 0.133. The fourth-order valence-electron chi connectivity index (χ4n) is 2.34. The predicted molar refractivity (Wildman–Crippen MR) is 78.9 cm³/mol. The second-order valence-corrected chi connectivity index (χ2v) is 5.37. The highest BCUT2D eigenvalue weighted by Gasteiger charge is 2.07. The van der Waals surface area contributed by atoms with E-state index in [-0.39, 0.29) is 6.42 Å². The maximum Gasteiger partial charge on any atom is 0.307 e. The van der Waals surface area contributed by atoms with Gasteiger partial charge in [0.05, 0.1) is 6.42 Å². The van der Waals surface area contributed by atoms with Crippen LogP contribution in [0.5, 0.6) is 0 Å². The Balaban J connectivity index is 2.19. The van der Waals surface area contributed by atoms with Crippen molar-refractivity contribution in [2.75, 3.05) is 6.26 Å². The smallest absolute Gasteiger partial charge is 0.307 e. The molecule has 0 aliphatic carbocycles. The van der Waals surface area contributed by atoms with E-state index in [0.29, 0.717) is 0 Å². The normalized spacial score (nSPS) is 11.2. The van der Waals surface area contributed by atoms with Crippen LogP contribution >= 0.6 is 11.8 Å². The van der Waals surface area contributed by atoms with Crippen molar-refractivity contribution in [2.45, 2.75) is 11.3 Å². The molecule has 3 nitrogen and oxygen atoms in total. The topological polar surface area (TPSA) is 53.1 Å². The van der Waals surface area contributed by atoms with Crippen molar-refractivity contribution in [3.8, 4) is 0 Å². The van der Waals surface area contributed by atoms with Crippen LogP contribution < -0.4 is 0 Å². The van der Waals surface area contributed by atoms with E-state index in [1.165, 1.54) is 10.3 Å². The van der Waals surface area contributed by atoms with Crippen molar-refractivity contribution in [3.63, 3.8) is 0 Å². The summed E-state index contributed by atoms with van der Waals surface area (Å²) in [5.41, 5.74) is 2.89.